The summed E-state index contributed by atoms with van der Waals surface area (Å²) in [4.78, 5) is 12.5. The molecule has 2 aromatic rings. The monoisotopic (exact) mass is 418 g/mol. The first-order chi connectivity index (χ1) is 11.8. The van der Waals surface area contributed by atoms with Crippen molar-refractivity contribution in [3.63, 3.8) is 0 Å². The molecule has 0 saturated carbocycles. The molecule has 0 unspecified atom stereocenters. The van der Waals surface area contributed by atoms with E-state index in [1.54, 1.807) is 12.1 Å². The molecule has 6 heteroatoms. The van der Waals surface area contributed by atoms with Crippen LogP contribution in [0.1, 0.15) is 16.7 Å². The van der Waals surface area contributed by atoms with E-state index in [9.17, 15) is 10.1 Å². The number of nitrogens with zero attached hydrogens (tertiary/aromatic N) is 1. The highest BCUT2D eigenvalue weighted by molar-refractivity contribution is 9.10. The minimum absolute atomic E-state index is 0.0478. The Morgan fingerprint density at radius 3 is 2.68 bits per heavy atom. The molecule has 128 valence electrons. The fraction of sp³-hybridized carbons (Fsp3) is 0.158. The van der Waals surface area contributed by atoms with E-state index in [0.29, 0.717) is 26.5 Å². The number of halogens is 2. The van der Waals surface area contributed by atoms with Crippen LogP contribution in [0, 0.1) is 25.2 Å². The number of methoxy groups -OCH3 is 1. The van der Waals surface area contributed by atoms with Gasteiger partial charge in [0.1, 0.15) is 17.4 Å². The number of aryl methyl sites for hydroxylation is 2. The van der Waals surface area contributed by atoms with Crippen LogP contribution in [-0.4, -0.2) is 13.0 Å². The molecular weight excluding hydrogens is 404 g/mol. The lowest BCUT2D eigenvalue weighted by molar-refractivity contribution is -0.112. The van der Waals surface area contributed by atoms with E-state index in [1.807, 2.05) is 38.1 Å². The third-order valence-electron chi connectivity index (χ3n) is 3.55. The van der Waals surface area contributed by atoms with Crippen LogP contribution in [0.2, 0.25) is 5.02 Å². The van der Waals surface area contributed by atoms with Crippen LogP contribution in [0.5, 0.6) is 5.75 Å². The minimum Gasteiger partial charge on any atom is -0.495 e. The summed E-state index contributed by atoms with van der Waals surface area (Å²) >= 11 is 9.41. The first kappa shape index (κ1) is 19.0. The maximum absolute atomic E-state index is 12.5. The standard InChI is InChI=1S/C19H16BrClN2O2/c1-11-4-5-12(2)17(6-11)23-19(24)14(10-22)7-13-8-15(21)9-16(20)18(13)25-3/h4-9H,1-3H3,(H,23,24)/b14-7+. The fourth-order valence-electron chi connectivity index (χ4n) is 2.27. The van der Waals surface area contributed by atoms with Crippen LogP contribution >= 0.6 is 27.5 Å². The number of rotatable bonds is 4. The minimum atomic E-state index is -0.491. The second-order valence-electron chi connectivity index (χ2n) is 5.45. The number of hydrogen-bond donors (Lipinski definition) is 1. The van der Waals surface area contributed by atoms with Crippen molar-refractivity contribution >= 4 is 45.2 Å². The van der Waals surface area contributed by atoms with Gasteiger partial charge in [-0.3, -0.25) is 4.79 Å². The number of nitriles is 1. The molecule has 0 bridgehead atoms. The van der Waals surface area contributed by atoms with E-state index in [2.05, 4.69) is 21.2 Å². The Bertz CT molecular complexity index is 901. The van der Waals surface area contributed by atoms with Gasteiger partial charge < -0.3 is 10.1 Å². The Labute approximate surface area is 160 Å². The molecule has 0 atom stereocenters. The third-order valence-corrected chi connectivity index (χ3v) is 4.35. The molecule has 0 saturated heterocycles. The van der Waals surface area contributed by atoms with Crippen molar-refractivity contribution in [2.45, 2.75) is 13.8 Å². The average Bonchev–Trinajstić information content (AvgIpc) is 2.55. The fourth-order valence-corrected chi connectivity index (χ4v) is 3.26. The highest BCUT2D eigenvalue weighted by atomic mass is 79.9. The normalized spacial score (nSPS) is 11.0. The van der Waals surface area contributed by atoms with Crippen molar-refractivity contribution in [3.8, 4) is 11.8 Å². The summed E-state index contributed by atoms with van der Waals surface area (Å²) < 4.78 is 5.96. The van der Waals surface area contributed by atoms with Gasteiger partial charge >= 0.3 is 0 Å². The molecule has 0 fully saturated rings. The molecule has 0 aliphatic rings. The average molecular weight is 420 g/mol. The molecule has 0 radical (unpaired) electrons. The van der Waals surface area contributed by atoms with Gasteiger partial charge in [-0.15, -0.1) is 0 Å². The topological polar surface area (TPSA) is 62.1 Å². The summed E-state index contributed by atoms with van der Waals surface area (Å²) in [7, 11) is 1.51. The number of benzene rings is 2. The van der Waals surface area contributed by atoms with Gasteiger partial charge in [-0.25, -0.2) is 0 Å². The number of hydrogen-bond acceptors (Lipinski definition) is 3. The van der Waals surface area contributed by atoms with E-state index in [-0.39, 0.29) is 5.57 Å². The summed E-state index contributed by atoms with van der Waals surface area (Å²) in [6, 6.07) is 11.0. The summed E-state index contributed by atoms with van der Waals surface area (Å²) in [5, 5.41) is 12.6. The van der Waals surface area contributed by atoms with Crippen LogP contribution in [0.3, 0.4) is 0 Å². The number of nitrogens with one attached hydrogen (secondary N) is 1. The highest BCUT2D eigenvalue weighted by Crippen LogP contribution is 2.34. The Morgan fingerprint density at radius 2 is 2.04 bits per heavy atom. The summed E-state index contributed by atoms with van der Waals surface area (Å²) in [5.74, 6) is 0.00559. The zero-order chi connectivity index (χ0) is 18.6. The molecule has 0 heterocycles. The maximum Gasteiger partial charge on any atom is 0.266 e. The SMILES string of the molecule is COc1c(Br)cc(Cl)cc1/C=C(\C#N)C(=O)Nc1cc(C)ccc1C. The van der Waals surface area contributed by atoms with Crippen LogP contribution in [0.15, 0.2) is 40.4 Å². The molecule has 4 nitrogen and oxygen atoms in total. The Balaban J connectivity index is 2.40. The van der Waals surface area contributed by atoms with Gasteiger partial charge in [0.25, 0.3) is 5.91 Å². The highest BCUT2D eigenvalue weighted by Gasteiger charge is 2.14. The molecule has 1 amide bonds. The van der Waals surface area contributed by atoms with Gasteiger partial charge in [-0.1, -0.05) is 23.7 Å². The van der Waals surface area contributed by atoms with Crippen molar-refractivity contribution in [2.24, 2.45) is 0 Å². The molecule has 1 N–H and O–H groups in total. The van der Waals surface area contributed by atoms with Gasteiger partial charge in [0, 0.05) is 16.3 Å². The largest absolute Gasteiger partial charge is 0.495 e. The zero-order valence-corrected chi connectivity index (χ0v) is 16.3. The first-order valence-electron chi connectivity index (χ1n) is 7.39. The maximum atomic E-state index is 12.5. The molecule has 0 spiro atoms. The van der Waals surface area contributed by atoms with E-state index >= 15 is 0 Å². The molecule has 2 aromatic carbocycles. The molecule has 0 aromatic heterocycles. The van der Waals surface area contributed by atoms with Gasteiger partial charge in [-0.2, -0.15) is 5.26 Å². The van der Waals surface area contributed by atoms with Gasteiger partial charge in [0.15, 0.2) is 0 Å². The lowest BCUT2D eigenvalue weighted by Gasteiger charge is -2.10. The van der Waals surface area contributed by atoms with Crippen LogP contribution < -0.4 is 10.1 Å². The van der Waals surface area contributed by atoms with Crippen molar-refractivity contribution < 1.29 is 9.53 Å². The molecular formula is C19H16BrClN2O2. The molecule has 2 rings (SSSR count). The number of anilines is 1. The van der Waals surface area contributed by atoms with Crippen molar-refractivity contribution in [1.82, 2.24) is 0 Å². The van der Waals surface area contributed by atoms with E-state index < -0.39 is 5.91 Å². The summed E-state index contributed by atoms with van der Waals surface area (Å²) in [5.41, 5.74) is 3.09. The van der Waals surface area contributed by atoms with E-state index in [0.717, 1.165) is 11.1 Å². The zero-order valence-electron chi connectivity index (χ0n) is 14.0. The van der Waals surface area contributed by atoms with Crippen molar-refractivity contribution in [2.75, 3.05) is 12.4 Å². The first-order valence-corrected chi connectivity index (χ1v) is 8.56. The molecule has 0 aliphatic carbocycles. The van der Waals surface area contributed by atoms with Crippen LogP contribution in [0.4, 0.5) is 5.69 Å². The lowest BCUT2D eigenvalue weighted by Crippen LogP contribution is -2.14. The smallest absolute Gasteiger partial charge is 0.266 e. The second-order valence-corrected chi connectivity index (χ2v) is 6.74. The predicted molar refractivity (Wildman–Crippen MR) is 104 cm³/mol. The Kier molecular flexibility index (Phi) is 6.24. The second kappa shape index (κ2) is 8.19. The number of carbonyl (C=O) groups is 1. The quantitative estimate of drug-likeness (QED) is 0.542. The third kappa shape index (κ3) is 4.62. The van der Waals surface area contributed by atoms with Crippen LogP contribution in [-0.2, 0) is 4.79 Å². The number of ether oxygens (including phenoxy) is 1. The molecule has 25 heavy (non-hydrogen) atoms. The Morgan fingerprint density at radius 1 is 1.32 bits per heavy atom. The van der Waals surface area contributed by atoms with Gasteiger partial charge in [0.2, 0.25) is 0 Å². The van der Waals surface area contributed by atoms with E-state index in [4.69, 9.17) is 16.3 Å². The lowest BCUT2D eigenvalue weighted by atomic mass is 10.1. The van der Waals surface area contributed by atoms with Crippen LogP contribution in [0.25, 0.3) is 6.08 Å². The van der Waals surface area contributed by atoms with Gasteiger partial charge in [0.05, 0.1) is 11.6 Å². The number of amides is 1. The Hall–Kier alpha value is -2.29. The summed E-state index contributed by atoms with van der Waals surface area (Å²) in [6.45, 7) is 3.83. The van der Waals surface area contributed by atoms with Gasteiger partial charge in [-0.05, 0) is 65.2 Å². The molecule has 0 aliphatic heterocycles. The van der Waals surface area contributed by atoms with E-state index in [1.165, 1.54) is 13.2 Å². The number of carbonyl (C=O) groups excluding carboxylic acids is 1. The predicted octanol–water partition coefficient (Wildman–Crippen LogP) is 5.27. The summed E-state index contributed by atoms with van der Waals surface area (Å²) in [6.07, 6.45) is 1.45. The van der Waals surface area contributed by atoms with Crippen molar-refractivity contribution in [3.05, 3.63) is 62.1 Å². The van der Waals surface area contributed by atoms with Crippen molar-refractivity contribution in [1.29, 1.82) is 5.26 Å².